The van der Waals surface area contributed by atoms with Gasteiger partial charge < -0.3 is 24.2 Å². The topological polar surface area (TPSA) is 85.5 Å². The number of aromatic hydroxyl groups is 1. The smallest absolute Gasteiger partial charge is 0.339 e. The van der Waals surface area contributed by atoms with Crippen LogP contribution in [0.1, 0.15) is 63.3 Å². The Labute approximate surface area is 270 Å². The van der Waals surface area contributed by atoms with Gasteiger partial charge in [-0.3, -0.25) is 4.40 Å². The number of piperidine rings is 1. The Morgan fingerprint density at radius 2 is 1.85 bits per heavy atom. The summed E-state index contributed by atoms with van der Waals surface area (Å²) >= 11 is 0. The molecule has 8 nitrogen and oxygen atoms in total. The SMILES string of the molecule is C=CCOC1(C)CCN(c2c(C(OC(C)(C)C)C(=O)OC)c(C)cc3nc(-c4cccc(-c5c(O)cc(C)cc5F)c4)cn23)CC1. The van der Waals surface area contributed by atoms with Gasteiger partial charge in [0.25, 0.3) is 0 Å². The molecule has 9 heteroatoms. The highest BCUT2D eigenvalue weighted by atomic mass is 19.1. The van der Waals surface area contributed by atoms with E-state index in [0.717, 1.165) is 29.8 Å². The number of aryl methyl sites for hydroxylation is 2. The number of methoxy groups -OCH3 is 1. The van der Waals surface area contributed by atoms with E-state index in [2.05, 4.69) is 18.4 Å². The lowest BCUT2D eigenvalue weighted by molar-refractivity contribution is -0.164. The molecule has 1 unspecified atom stereocenters. The number of fused-ring (bicyclic) bond motifs is 1. The van der Waals surface area contributed by atoms with E-state index >= 15 is 4.39 Å². The number of nitrogens with zero attached hydrogens (tertiary/aromatic N) is 3. The van der Waals surface area contributed by atoms with E-state index in [1.807, 2.05) is 62.6 Å². The van der Waals surface area contributed by atoms with E-state index in [1.54, 1.807) is 25.1 Å². The fourth-order valence-corrected chi connectivity index (χ4v) is 6.15. The summed E-state index contributed by atoms with van der Waals surface area (Å²) in [6.45, 7) is 17.2. The summed E-state index contributed by atoms with van der Waals surface area (Å²) in [5, 5.41) is 10.6. The number of anilines is 1. The van der Waals surface area contributed by atoms with E-state index in [0.29, 0.717) is 47.7 Å². The zero-order chi connectivity index (χ0) is 33.4. The molecule has 3 heterocycles. The van der Waals surface area contributed by atoms with Gasteiger partial charge in [0.2, 0.25) is 0 Å². The molecule has 0 aliphatic carbocycles. The molecule has 4 aromatic rings. The number of aromatic nitrogens is 2. The Morgan fingerprint density at radius 3 is 2.48 bits per heavy atom. The van der Waals surface area contributed by atoms with Crippen molar-refractivity contribution in [2.75, 3.05) is 31.7 Å². The molecule has 0 radical (unpaired) electrons. The molecule has 1 aliphatic heterocycles. The average molecular weight is 630 g/mol. The number of carbonyl (C=O) groups is 1. The molecule has 0 saturated carbocycles. The van der Waals surface area contributed by atoms with Crippen molar-refractivity contribution in [3.8, 4) is 28.1 Å². The van der Waals surface area contributed by atoms with E-state index in [1.165, 1.54) is 13.2 Å². The van der Waals surface area contributed by atoms with Crippen LogP contribution >= 0.6 is 0 Å². The standard InChI is InChI=1S/C37H44FN3O5/c1-9-17-45-37(7)13-15-40(16-14-37)34-31(33(35(43)44-8)46-36(4,5)6)24(3)20-30-39-28(22-41(30)34)25-11-10-12-26(21-25)32-27(38)18-23(2)19-29(32)42/h9-12,18-22,33,42H,1,13-17H2,2-8H3. The molecule has 1 atom stereocenters. The lowest BCUT2D eigenvalue weighted by Gasteiger charge is -2.41. The second-order valence-corrected chi connectivity index (χ2v) is 13.3. The fraction of sp³-hybridized carbons (Fsp3) is 0.405. The number of esters is 1. The van der Waals surface area contributed by atoms with Gasteiger partial charge in [0.1, 0.15) is 23.0 Å². The Balaban J connectivity index is 1.67. The first-order valence-electron chi connectivity index (χ1n) is 15.6. The summed E-state index contributed by atoms with van der Waals surface area (Å²) in [5.41, 5.74) is 4.06. The second-order valence-electron chi connectivity index (χ2n) is 13.3. The van der Waals surface area contributed by atoms with Crippen LogP contribution in [0, 0.1) is 19.7 Å². The molecule has 5 rings (SSSR count). The molecular formula is C37H44FN3O5. The molecule has 1 aliphatic rings. The molecule has 0 spiro atoms. The number of ether oxygens (including phenoxy) is 3. The normalized spacial score (nSPS) is 15.6. The number of carbonyl (C=O) groups excluding carboxylic acids is 1. The van der Waals surface area contributed by atoms with Crippen LogP contribution in [0.3, 0.4) is 0 Å². The van der Waals surface area contributed by atoms with Crippen molar-refractivity contribution in [1.29, 1.82) is 0 Å². The maximum Gasteiger partial charge on any atom is 0.339 e. The number of halogens is 1. The summed E-state index contributed by atoms with van der Waals surface area (Å²) in [5.74, 6) is -0.288. The molecule has 1 fully saturated rings. The predicted octanol–water partition coefficient (Wildman–Crippen LogP) is 7.72. The number of benzene rings is 2. The van der Waals surface area contributed by atoms with E-state index in [4.69, 9.17) is 19.2 Å². The third kappa shape index (κ3) is 6.81. The molecule has 0 bridgehead atoms. The van der Waals surface area contributed by atoms with Gasteiger partial charge in [-0.25, -0.2) is 14.2 Å². The summed E-state index contributed by atoms with van der Waals surface area (Å²) in [7, 11) is 1.37. The molecule has 2 aromatic heterocycles. The minimum Gasteiger partial charge on any atom is -0.507 e. The highest BCUT2D eigenvalue weighted by Gasteiger charge is 2.37. The molecule has 46 heavy (non-hydrogen) atoms. The van der Waals surface area contributed by atoms with E-state index < -0.39 is 23.5 Å². The lowest BCUT2D eigenvalue weighted by Crippen LogP contribution is -2.45. The highest BCUT2D eigenvalue weighted by Crippen LogP contribution is 2.40. The fourth-order valence-electron chi connectivity index (χ4n) is 6.15. The van der Waals surface area contributed by atoms with Crippen LogP contribution in [0.25, 0.3) is 28.0 Å². The van der Waals surface area contributed by atoms with E-state index in [-0.39, 0.29) is 16.9 Å². The van der Waals surface area contributed by atoms with Crippen molar-refractivity contribution in [3.05, 3.63) is 83.8 Å². The first-order valence-corrected chi connectivity index (χ1v) is 15.6. The van der Waals surface area contributed by atoms with Crippen LogP contribution < -0.4 is 4.90 Å². The number of phenols is 1. The average Bonchev–Trinajstić information content (AvgIpc) is 3.41. The van der Waals surface area contributed by atoms with Crippen molar-refractivity contribution < 1.29 is 28.5 Å². The third-order valence-electron chi connectivity index (χ3n) is 8.45. The minimum absolute atomic E-state index is 0.117. The monoisotopic (exact) mass is 629 g/mol. The molecule has 2 aromatic carbocycles. The van der Waals surface area contributed by atoms with Crippen LogP contribution in [-0.4, -0.2) is 58.5 Å². The predicted molar refractivity (Wildman–Crippen MR) is 179 cm³/mol. The van der Waals surface area contributed by atoms with Gasteiger partial charge in [0.15, 0.2) is 6.10 Å². The zero-order valence-corrected chi connectivity index (χ0v) is 27.8. The van der Waals surface area contributed by atoms with Gasteiger partial charge in [0.05, 0.1) is 36.2 Å². The van der Waals surface area contributed by atoms with E-state index in [9.17, 15) is 9.90 Å². The second kappa shape index (κ2) is 12.9. The summed E-state index contributed by atoms with van der Waals surface area (Å²) < 4.78 is 34.8. The minimum atomic E-state index is -0.976. The number of pyridine rings is 1. The van der Waals surface area contributed by atoms with Crippen molar-refractivity contribution in [2.45, 2.75) is 71.7 Å². The van der Waals surface area contributed by atoms with Crippen LogP contribution in [0.5, 0.6) is 5.75 Å². The maximum absolute atomic E-state index is 15.0. The first kappa shape index (κ1) is 33.2. The van der Waals surface area contributed by atoms with Gasteiger partial charge in [-0.1, -0.05) is 24.3 Å². The first-order chi connectivity index (χ1) is 21.7. The quantitative estimate of drug-likeness (QED) is 0.150. The molecule has 0 amide bonds. The molecule has 1 N–H and O–H groups in total. The highest BCUT2D eigenvalue weighted by molar-refractivity contribution is 5.81. The number of hydrogen-bond acceptors (Lipinski definition) is 7. The molecular weight excluding hydrogens is 585 g/mol. The van der Waals surface area contributed by atoms with Crippen LogP contribution in [0.2, 0.25) is 0 Å². The van der Waals surface area contributed by atoms with Gasteiger partial charge in [-0.2, -0.15) is 0 Å². The number of rotatable bonds is 9. The molecule has 1 saturated heterocycles. The summed E-state index contributed by atoms with van der Waals surface area (Å²) in [6.07, 6.45) is 4.27. The van der Waals surface area contributed by atoms with Gasteiger partial charge in [-0.15, -0.1) is 6.58 Å². The largest absolute Gasteiger partial charge is 0.507 e. The van der Waals surface area contributed by atoms with Crippen LogP contribution in [0.15, 0.2) is 61.3 Å². The zero-order valence-electron chi connectivity index (χ0n) is 27.8. The maximum atomic E-state index is 15.0. The Kier molecular flexibility index (Phi) is 9.29. The van der Waals surface area contributed by atoms with Crippen molar-refractivity contribution in [3.63, 3.8) is 0 Å². The number of imidazole rings is 1. The van der Waals surface area contributed by atoms with Gasteiger partial charge in [-0.05, 0) is 95.3 Å². The Bertz CT molecular complexity index is 1740. The van der Waals surface area contributed by atoms with Crippen molar-refractivity contribution >= 4 is 17.4 Å². The number of hydrogen-bond donors (Lipinski definition) is 1. The Morgan fingerprint density at radius 1 is 1.15 bits per heavy atom. The summed E-state index contributed by atoms with van der Waals surface area (Å²) in [4.78, 5) is 20.6. The van der Waals surface area contributed by atoms with Crippen molar-refractivity contribution in [2.24, 2.45) is 0 Å². The number of phenolic OH excluding ortho intramolecular Hbond substituents is 1. The van der Waals surface area contributed by atoms with Gasteiger partial charge >= 0.3 is 5.97 Å². The van der Waals surface area contributed by atoms with Crippen LogP contribution in [-0.2, 0) is 19.0 Å². The lowest BCUT2D eigenvalue weighted by atomic mass is 9.92. The van der Waals surface area contributed by atoms with Crippen molar-refractivity contribution in [1.82, 2.24) is 9.38 Å². The molecule has 244 valence electrons. The van der Waals surface area contributed by atoms with Crippen LogP contribution in [0.4, 0.5) is 10.2 Å². The Hall–Kier alpha value is -4.21. The summed E-state index contributed by atoms with van der Waals surface area (Å²) in [6, 6.07) is 12.2. The third-order valence-corrected chi connectivity index (χ3v) is 8.45. The van der Waals surface area contributed by atoms with Gasteiger partial charge in [0, 0.05) is 30.4 Å².